The van der Waals surface area contributed by atoms with Crippen LogP contribution in [0.15, 0.2) is 36.4 Å². The molecule has 2 rings (SSSR count). The van der Waals surface area contributed by atoms with Crippen LogP contribution in [0.1, 0.15) is 22.3 Å². The van der Waals surface area contributed by atoms with E-state index in [0.29, 0.717) is 0 Å². The third kappa shape index (κ3) is 2.21. The van der Waals surface area contributed by atoms with E-state index in [9.17, 15) is 0 Å². The van der Waals surface area contributed by atoms with Crippen LogP contribution in [0.25, 0.3) is 11.1 Å². The van der Waals surface area contributed by atoms with Crippen molar-refractivity contribution in [2.75, 3.05) is 0 Å². The van der Waals surface area contributed by atoms with Gasteiger partial charge in [-0.15, -0.1) is 0 Å². The van der Waals surface area contributed by atoms with Gasteiger partial charge in [0.1, 0.15) is 0 Å². The maximum absolute atomic E-state index is 9.05. The van der Waals surface area contributed by atoms with Crippen LogP contribution in [0.4, 0.5) is 0 Å². The van der Waals surface area contributed by atoms with Crippen LogP contribution in [0.2, 0.25) is 0 Å². The SMILES string of the molecule is Cc1ccc(-c2cc(C)c(C#N)c(C)c2)cc1. The lowest BCUT2D eigenvalue weighted by molar-refractivity contribution is 1.32. The minimum Gasteiger partial charge on any atom is -0.192 e. The second-order valence-electron chi connectivity index (χ2n) is 4.46. The summed E-state index contributed by atoms with van der Waals surface area (Å²) < 4.78 is 0. The lowest BCUT2D eigenvalue weighted by Gasteiger charge is -2.08. The first-order chi connectivity index (χ1) is 8.11. The Hall–Kier alpha value is -2.07. The van der Waals surface area contributed by atoms with E-state index < -0.39 is 0 Å². The Morgan fingerprint density at radius 2 is 1.35 bits per heavy atom. The van der Waals surface area contributed by atoms with E-state index in [1.54, 1.807) is 0 Å². The van der Waals surface area contributed by atoms with E-state index in [-0.39, 0.29) is 0 Å². The van der Waals surface area contributed by atoms with Crippen LogP contribution in [0.3, 0.4) is 0 Å². The van der Waals surface area contributed by atoms with Crippen LogP contribution < -0.4 is 0 Å². The third-order valence-corrected chi connectivity index (χ3v) is 3.03. The molecule has 17 heavy (non-hydrogen) atoms. The molecule has 0 unspecified atom stereocenters. The molecule has 0 atom stereocenters. The maximum atomic E-state index is 9.05. The first-order valence-corrected chi connectivity index (χ1v) is 5.70. The number of aryl methyl sites for hydroxylation is 3. The molecule has 0 fully saturated rings. The topological polar surface area (TPSA) is 23.8 Å². The summed E-state index contributed by atoms with van der Waals surface area (Å²) in [5.41, 5.74) is 6.52. The summed E-state index contributed by atoms with van der Waals surface area (Å²) >= 11 is 0. The monoisotopic (exact) mass is 221 g/mol. The van der Waals surface area contributed by atoms with E-state index >= 15 is 0 Å². The van der Waals surface area contributed by atoms with Crippen molar-refractivity contribution in [3.05, 3.63) is 58.7 Å². The highest BCUT2D eigenvalue weighted by Gasteiger charge is 2.05. The smallest absolute Gasteiger partial charge is 0.0997 e. The van der Waals surface area contributed by atoms with E-state index in [4.69, 9.17) is 5.26 Å². The molecule has 0 saturated heterocycles. The number of benzene rings is 2. The van der Waals surface area contributed by atoms with Crippen molar-refractivity contribution in [3.63, 3.8) is 0 Å². The summed E-state index contributed by atoms with van der Waals surface area (Å²) in [5.74, 6) is 0. The van der Waals surface area contributed by atoms with Crippen molar-refractivity contribution in [2.45, 2.75) is 20.8 Å². The van der Waals surface area contributed by atoms with Gasteiger partial charge in [-0.2, -0.15) is 5.26 Å². The van der Waals surface area contributed by atoms with Crippen LogP contribution in [0.5, 0.6) is 0 Å². The van der Waals surface area contributed by atoms with Crippen molar-refractivity contribution in [3.8, 4) is 17.2 Å². The Balaban J connectivity index is 2.55. The molecule has 0 aliphatic carbocycles. The average molecular weight is 221 g/mol. The zero-order valence-corrected chi connectivity index (χ0v) is 10.4. The van der Waals surface area contributed by atoms with E-state index in [1.807, 2.05) is 13.8 Å². The molecule has 1 heteroatoms. The molecule has 0 heterocycles. The van der Waals surface area contributed by atoms with Crippen molar-refractivity contribution in [1.82, 2.24) is 0 Å². The number of rotatable bonds is 1. The molecule has 0 N–H and O–H groups in total. The zero-order valence-electron chi connectivity index (χ0n) is 10.4. The number of nitrogens with zero attached hydrogens (tertiary/aromatic N) is 1. The molecule has 2 aromatic rings. The highest BCUT2D eigenvalue weighted by atomic mass is 14.2. The predicted molar refractivity (Wildman–Crippen MR) is 70.8 cm³/mol. The number of nitriles is 1. The Morgan fingerprint density at radius 1 is 0.824 bits per heavy atom. The van der Waals surface area contributed by atoms with Gasteiger partial charge in [0.25, 0.3) is 0 Å². The highest BCUT2D eigenvalue weighted by Crippen LogP contribution is 2.25. The van der Waals surface area contributed by atoms with E-state index in [1.165, 1.54) is 16.7 Å². The van der Waals surface area contributed by atoms with E-state index in [2.05, 4.69) is 49.4 Å². The van der Waals surface area contributed by atoms with Crippen LogP contribution in [-0.4, -0.2) is 0 Å². The second kappa shape index (κ2) is 4.43. The minimum absolute atomic E-state index is 0.792. The Labute approximate surface area is 102 Å². The van der Waals surface area contributed by atoms with Crippen LogP contribution >= 0.6 is 0 Å². The van der Waals surface area contributed by atoms with Gasteiger partial charge in [-0.05, 0) is 43.0 Å². The molecule has 0 radical (unpaired) electrons. The summed E-state index contributed by atoms with van der Waals surface area (Å²) in [6.07, 6.45) is 0. The Kier molecular flexibility index (Phi) is 2.97. The summed E-state index contributed by atoms with van der Waals surface area (Å²) in [4.78, 5) is 0. The lowest BCUT2D eigenvalue weighted by atomic mass is 9.96. The minimum atomic E-state index is 0.792. The van der Waals surface area contributed by atoms with Crippen molar-refractivity contribution in [1.29, 1.82) is 5.26 Å². The standard InChI is InChI=1S/C16H15N/c1-11-4-6-14(7-5-11)15-8-12(2)16(10-17)13(3)9-15/h4-9H,1-3H3. The number of hydrogen-bond acceptors (Lipinski definition) is 1. The van der Waals surface area contributed by atoms with Crippen molar-refractivity contribution >= 4 is 0 Å². The van der Waals surface area contributed by atoms with Gasteiger partial charge in [0, 0.05) is 0 Å². The van der Waals surface area contributed by atoms with Crippen molar-refractivity contribution in [2.24, 2.45) is 0 Å². The molecule has 0 amide bonds. The van der Waals surface area contributed by atoms with Crippen LogP contribution in [-0.2, 0) is 0 Å². The van der Waals surface area contributed by atoms with Gasteiger partial charge in [0.2, 0.25) is 0 Å². The van der Waals surface area contributed by atoms with Gasteiger partial charge in [-0.3, -0.25) is 0 Å². The largest absolute Gasteiger partial charge is 0.192 e. The summed E-state index contributed by atoms with van der Waals surface area (Å²) in [6.45, 7) is 6.06. The molecule has 0 spiro atoms. The quantitative estimate of drug-likeness (QED) is 0.709. The summed E-state index contributed by atoms with van der Waals surface area (Å²) in [5, 5.41) is 9.05. The molecule has 2 aromatic carbocycles. The fraction of sp³-hybridized carbons (Fsp3) is 0.188. The van der Waals surface area contributed by atoms with Crippen molar-refractivity contribution < 1.29 is 0 Å². The van der Waals surface area contributed by atoms with Crippen LogP contribution in [0, 0.1) is 32.1 Å². The highest BCUT2D eigenvalue weighted by molar-refractivity contribution is 5.67. The lowest BCUT2D eigenvalue weighted by Crippen LogP contribution is -1.90. The van der Waals surface area contributed by atoms with Gasteiger partial charge in [0.05, 0.1) is 11.6 Å². The summed E-state index contributed by atoms with van der Waals surface area (Å²) in [7, 11) is 0. The first kappa shape index (κ1) is 11.4. The van der Waals surface area contributed by atoms with Gasteiger partial charge in [-0.25, -0.2) is 0 Å². The molecular formula is C16H15N. The molecule has 0 aromatic heterocycles. The fourth-order valence-corrected chi connectivity index (χ4v) is 2.05. The van der Waals surface area contributed by atoms with E-state index in [0.717, 1.165) is 16.7 Å². The fourth-order valence-electron chi connectivity index (χ4n) is 2.05. The summed E-state index contributed by atoms with van der Waals surface area (Å²) in [6, 6.07) is 14.9. The molecule has 1 nitrogen and oxygen atoms in total. The normalized spacial score (nSPS) is 10.0. The molecular weight excluding hydrogens is 206 g/mol. The number of hydrogen-bond donors (Lipinski definition) is 0. The molecule has 0 bridgehead atoms. The second-order valence-corrected chi connectivity index (χ2v) is 4.46. The molecule has 0 aliphatic rings. The Morgan fingerprint density at radius 3 is 1.82 bits per heavy atom. The zero-order chi connectivity index (χ0) is 12.4. The third-order valence-electron chi connectivity index (χ3n) is 3.03. The predicted octanol–water partition coefficient (Wildman–Crippen LogP) is 4.15. The first-order valence-electron chi connectivity index (χ1n) is 5.70. The van der Waals surface area contributed by atoms with Gasteiger partial charge < -0.3 is 0 Å². The molecule has 0 saturated carbocycles. The average Bonchev–Trinajstić information content (AvgIpc) is 2.29. The van der Waals surface area contributed by atoms with Gasteiger partial charge in [0.15, 0.2) is 0 Å². The maximum Gasteiger partial charge on any atom is 0.0997 e. The Bertz CT molecular complexity index is 563. The van der Waals surface area contributed by atoms with Gasteiger partial charge in [-0.1, -0.05) is 42.0 Å². The van der Waals surface area contributed by atoms with Gasteiger partial charge >= 0.3 is 0 Å². The molecule has 84 valence electrons. The molecule has 0 aliphatic heterocycles.